The van der Waals surface area contributed by atoms with Gasteiger partial charge in [-0.2, -0.15) is 0 Å². The Kier molecular flexibility index (Phi) is 4.52. The molecule has 1 amide bonds. The monoisotopic (exact) mass is 217 g/mol. The van der Waals surface area contributed by atoms with Crippen LogP contribution < -0.4 is 0 Å². The van der Waals surface area contributed by atoms with E-state index in [1.165, 1.54) is 4.90 Å². The van der Waals surface area contributed by atoms with Crippen LogP contribution in [-0.2, 0) is 14.3 Å². The first kappa shape index (κ1) is 11.9. The number of hydrogen-bond donors (Lipinski definition) is 0. The van der Waals surface area contributed by atoms with Gasteiger partial charge in [0.1, 0.15) is 0 Å². The molecule has 0 bridgehead atoms. The summed E-state index contributed by atoms with van der Waals surface area (Å²) in [4.78, 5) is 23.8. The molecule has 1 heterocycles. The van der Waals surface area contributed by atoms with Gasteiger partial charge in [-0.05, 0) is 19.8 Å². The first-order valence-corrected chi connectivity index (χ1v) is 5.19. The van der Waals surface area contributed by atoms with Crippen molar-refractivity contribution in [3.8, 4) is 0 Å². The minimum atomic E-state index is -0.954. The van der Waals surface area contributed by atoms with Crippen molar-refractivity contribution in [2.24, 2.45) is 5.92 Å². The van der Waals surface area contributed by atoms with E-state index in [0.29, 0.717) is 32.5 Å². The highest BCUT2D eigenvalue weighted by atomic mass is 19.1. The molecule has 0 radical (unpaired) electrons. The largest absolute Gasteiger partial charge is 0.466 e. The van der Waals surface area contributed by atoms with Gasteiger partial charge in [0.25, 0.3) is 5.91 Å². The molecule has 1 fully saturated rings. The van der Waals surface area contributed by atoms with Gasteiger partial charge in [0.15, 0.2) is 6.67 Å². The van der Waals surface area contributed by atoms with Crippen LogP contribution in [0.3, 0.4) is 0 Å². The zero-order chi connectivity index (χ0) is 11.3. The third-order valence-corrected chi connectivity index (χ3v) is 2.58. The second-order valence-corrected chi connectivity index (χ2v) is 3.54. The quantitative estimate of drug-likeness (QED) is 0.655. The molecule has 0 aliphatic carbocycles. The van der Waals surface area contributed by atoms with E-state index in [0.717, 1.165) is 0 Å². The SMILES string of the molecule is CCOC(=O)C1CCN(C(=O)CF)CC1. The van der Waals surface area contributed by atoms with E-state index >= 15 is 0 Å². The first-order chi connectivity index (χ1) is 7.19. The Balaban J connectivity index is 2.35. The van der Waals surface area contributed by atoms with Gasteiger partial charge in [0, 0.05) is 13.1 Å². The van der Waals surface area contributed by atoms with Gasteiger partial charge < -0.3 is 9.64 Å². The van der Waals surface area contributed by atoms with Gasteiger partial charge in [-0.15, -0.1) is 0 Å². The number of ether oxygens (including phenoxy) is 1. The van der Waals surface area contributed by atoms with Crippen LogP contribution in [0.1, 0.15) is 19.8 Å². The third kappa shape index (κ3) is 3.18. The molecule has 0 saturated carbocycles. The molecule has 0 aromatic carbocycles. The molecular formula is C10H16FNO3. The Hall–Kier alpha value is -1.13. The maximum atomic E-state index is 12.1. The van der Waals surface area contributed by atoms with Crippen molar-refractivity contribution >= 4 is 11.9 Å². The van der Waals surface area contributed by atoms with Crippen LogP contribution in [0.4, 0.5) is 4.39 Å². The highest BCUT2D eigenvalue weighted by Crippen LogP contribution is 2.18. The van der Waals surface area contributed by atoms with Crippen molar-refractivity contribution in [3.63, 3.8) is 0 Å². The number of alkyl halides is 1. The number of halogens is 1. The van der Waals surface area contributed by atoms with E-state index in [1.54, 1.807) is 6.92 Å². The molecule has 1 rings (SSSR count). The number of hydrogen-bond acceptors (Lipinski definition) is 3. The molecule has 0 N–H and O–H groups in total. The van der Waals surface area contributed by atoms with E-state index < -0.39 is 12.6 Å². The summed E-state index contributed by atoms with van der Waals surface area (Å²) in [6, 6.07) is 0. The Bertz CT molecular complexity index is 237. The average molecular weight is 217 g/mol. The zero-order valence-electron chi connectivity index (χ0n) is 8.87. The van der Waals surface area contributed by atoms with Crippen LogP contribution >= 0.6 is 0 Å². The molecule has 1 aliphatic heterocycles. The zero-order valence-corrected chi connectivity index (χ0v) is 8.87. The highest BCUT2D eigenvalue weighted by Gasteiger charge is 2.27. The first-order valence-electron chi connectivity index (χ1n) is 5.19. The Morgan fingerprint density at radius 1 is 1.40 bits per heavy atom. The minimum Gasteiger partial charge on any atom is -0.466 e. The Morgan fingerprint density at radius 2 is 2.00 bits per heavy atom. The molecule has 0 spiro atoms. The predicted molar refractivity (Wildman–Crippen MR) is 51.9 cm³/mol. The molecule has 1 saturated heterocycles. The molecule has 15 heavy (non-hydrogen) atoms. The number of rotatable bonds is 3. The number of likely N-dealkylation sites (tertiary alicyclic amines) is 1. The Morgan fingerprint density at radius 3 is 2.47 bits per heavy atom. The number of esters is 1. The van der Waals surface area contributed by atoms with Gasteiger partial charge in [-0.3, -0.25) is 9.59 Å². The van der Waals surface area contributed by atoms with Crippen LogP contribution in [0.25, 0.3) is 0 Å². The molecule has 0 aromatic heterocycles. The second-order valence-electron chi connectivity index (χ2n) is 3.54. The summed E-state index contributed by atoms with van der Waals surface area (Å²) < 4.78 is 17.0. The number of amides is 1. The van der Waals surface area contributed by atoms with Crippen LogP contribution in [0.15, 0.2) is 0 Å². The van der Waals surface area contributed by atoms with E-state index in [2.05, 4.69) is 0 Å². The summed E-state index contributed by atoms with van der Waals surface area (Å²) in [7, 11) is 0. The fourth-order valence-corrected chi connectivity index (χ4v) is 1.71. The molecule has 4 nitrogen and oxygen atoms in total. The van der Waals surface area contributed by atoms with Crippen LogP contribution in [0, 0.1) is 5.92 Å². The van der Waals surface area contributed by atoms with Gasteiger partial charge in [0.2, 0.25) is 0 Å². The molecule has 0 unspecified atom stereocenters. The molecule has 1 aliphatic rings. The average Bonchev–Trinajstić information content (AvgIpc) is 2.28. The lowest BCUT2D eigenvalue weighted by molar-refractivity contribution is -0.151. The second kappa shape index (κ2) is 5.68. The van der Waals surface area contributed by atoms with E-state index in [9.17, 15) is 14.0 Å². The van der Waals surface area contributed by atoms with Crippen LogP contribution in [-0.4, -0.2) is 43.1 Å². The lowest BCUT2D eigenvalue weighted by atomic mass is 9.97. The lowest BCUT2D eigenvalue weighted by Gasteiger charge is -2.30. The third-order valence-electron chi connectivity index (χ3n) is 2.58. The Labute approximate surface area is 88.4 Å². The van der Waals surface area contributed by atoms with Crippen molar-refractivity contribution in [1.29, 1.82) is 0 Å². The molecule has 0 aromatic rings. The number of carbonyl (C=O) groups excluding carboxylic acids is 2. The van der Waals surface area contributed by atoms with Crippen molar-refractivity contribution in [3.05, 3.63) is 0 Å². The van der Waals surface area contributed by atoms with E-state index in [1.807, 2.05) is 0 Å². The van der Waals surface area contributed by atoms with Gasteiger partial charge in [-0.25, -0.2) is 4.39 Å². The summed E-state index contributed by atoms with van der Waals surface area (Å²) in [6.45, 7) is 2.09. The fourth-order valence-electron chi connectivity index (χ4n) is 1.71. The van der Waals surface area contributed by atoms with Crippen LogP contribution in [0.2, 0.25) is 0 Å². The van der Waals surface area contributed by atoms with Crippen molar-refractivity contribution in [2.45, 2.75) is 19.8 Å². The van der Waals surface area contributed by atoms with Crippen molar-refractivity contribution in [2.75, 3.05) is 26.4 Å². The van der Waals surface area contributed by atoms with Crippen molar-refractivity contribution in [1.82, 2.24) is 4.90 Å². The fraction of sp³-hybridized carbons (Fsp3) is 0.800. The maximum absolute atomic E-state index is 12.1. The van der Waals surface area contributed by atoms with Crippen molar-refractivity contribution < 1.29 is 18.7 Å². The molecular weight excluding hydrogens is 201 g/mol. The summed E-state index contributed by atoms with van der Waals surface area (Å²) in [5.41, 5.74) is 0. The lowest BCUT2D eigenvalue weighted by Crippen LogP contribution is -2.41. The number of nitrogens with zero attached hydrogens (tertiary/aromatic N) is 1. The summed E-state index contributed by atoms with van der Waals surface area (Å²) >= 11 is 0. The summed E-state index contributed by atoms with van der Waals surface area (Å²) in [6.07, 6.45) is 1.15. The smallest absolute Gasteiger partial charge is 0.309 e. The van der Waals surface area contributed by atoms with E-state index in [4.69, 9.17) is 4.74 Å². The summed E-state index contributed by atoms with van der Waals surface area (Å²) in [5, 5.41) is 0. The molecule has 86 valence electrons. The normalized spacial score (nSPS) is 17.6. The van der Waals surface area contributed by atoms with Gasteiger partial charge in [0.05, 0.1) is 12.5 Å². The molecule has 0 atom stereocenters. The maximum Gasteiger partial charge on any atom is 0.309 e. The van der Waals surface area contributed by atoms with Gasteiger partial charge in [-0.1, -0.05) is 0 Å². The standard InChI is InChI=1S/C10H16FNO3/c1-2-15-10(14)8-3-5-12(6-4-8)9(13)7-11/h8H,2-7H2,1H3. The number of carbonyl (C=O) groups is 2. The van der Waals surface area contributed by atoms with Gasteiger partial charge >= 0.3 is 5.97 Å². The summed E-state index contributed by atoms with van der Waals surface area (Å²) in [5.74, 6) is -0.823. The minimum absolute atomic E-state index is 0.131. The molecule has 5 heteroatoms. The van der Waals surface area contributed by atoms with E-state index in [-0.39, 0.29) is 11.9 Å². The topological polar surface area (TPSA) is 46.6 Å². The highest BCUT2D eigenvalue weighted by molar-refractivity contribution is 5.78. The van der Waals surface area contributed by atoms with Crippen LogP contribution in [0.5, 0.6) is 0 Å². The number of piperidine rings is 1. The predicted octanol–water partition coefficient (Wildman–Crippen LogP) is 0.758.